The second-order valence-electron chi connectivity index (χ2n) is 1.51. The highest BCUT2D eigenvalue weighted by Crippen LogP contribution is 2.00. The van der Waals surface area contributed by atoms with Gasteiger partial charge in [-0.15, -0.1) is 0 Å². The minimum absolute atomic E-state index is 0.204. The molecular weight excluding hydrogens is 102 g/mol. The lowest BCUT2D eigenvalue weighted by Crippen LogP contribution is -2.02. The van der Waals surface area contributed by atoms with Gasteiger partial charge in [0.05, 0.1) is 0 Å². The van der Waals surface area contributed by atoms with Crippen molar-refractivity contribution in [1.82, 2.24) is 4.90 Å². The molecule has 0 saturated carbocycles. The van der Waals surface area contributed by atoms with Gasteiger partial charge in [0.2, 0.25) is 5.91 Å². The van der Waals surface area contributed by atoms with E-state index in [4.69, 9.17) is 0 Å². The van der Waals surface area contributed by atoms with Gasteiger partial charge in [0.15, 0.2) is 0 Å². The molecule has 0 N–H and O–H groups in total. The Morgan fingerprint density at radius 3 is 1.75 bits per heavy atom. The number of hydrogen-bond donors (Lipinski definition) is 0. The summed E-state index contributed by atoms with van der Waals surface area (Å²) in [5.41, 5.74) is 0. The standard InChI is InChI=1S/C4H7NO.C2H6/c1-4(6)5-2-3-5;1-2/h2-3H2,1H3;1-2H3. The maximum atomic E-state index is 10.1. The molecule has 0 aromatic rings. The second-order valence-corrected chi connectivity index (χ2v) is 1.51. The van der Waals surface area contributed by atoms with Gasteiger partial charge in [-0.25, -0.2) is 0 Å². The molecule has 1 heterocycles. The first-order valence-electron chi connectivity index (χ1n) is 3.06. The Balaban J connectivity index is 0.000000222. The average molecular weight is 115 g/mol. The van der Waals surface area contributed by atoms with Crippen molar-refractivity contribution in [1.29, 1.82) is 0 Å². The van der Waals surface area contributed by atoms with Crippen molar-refractivity contribution in [3.63, 3.8) is 0 Å². The van der Waals surface area contributed by atoms with E-state index >= 15 is 0 Å². The maximum absolute atomic E-state index is 10.1. The normalized spacial score (nSPS) is 14.1. The number of amides is 1. The van der Waals surface area contributed by atoms with E-state index in [1.54, 1.807) is 11.8 Å². The smallest absolute Gasteiger partial charge is 0.219 e. The number of hydrogen-bond acceptors (Lipinski definition) is 1. The molecule has 0 bridgehead atoms. The maximum Gasteiger partial charge on any atom is 0.219 e. The molecule has 0 atom stereocenters. The SMILES string of the molecule is CC.CC(=O)N1CC1. The Morgan fingerprint density at radius 1 is 1.38 bits per heavy atom. The van der Waals surface area contributed by atoms with Crippen LogP contribution in [-0.4, -0.2) is 23.9 Å². The molecule has 0 aromatic carbocycles. The molecule has 8 heavy (non-hydrogen) atoms. The number of rotatable bonds is 0. The first-order chi connectivity index (χ1) is 3.80. The molecule has 48 valence electrons. The van der Waals surface area contributed by atoms with Crippen LogP contribution in [0.4, 0.5) is 0 Å². The fraction of sp³-hybridized carbons (Fsp3) is 0.833. The van der Waals surface area contributed by atoms with Gasteiger partial charge in [-0.1, -0.05) is 13.8 Å². The summed E-state index contributed by atoms with van der Waals surface area (Å²) >= 11 is 0. The molecule has 0 radical (unpaired) electrons. The lowest BCUT2D eigenvalue weighted by molar-refractivity contribution is -0.123. The summed E-state index contributed by atoms with van der Waals surface area (Å²) in [5, 5.41) is 0. The molecule has 0 spiro atoms. The molecule has 1 saturated heterocycles. The zero-order chi connectivity index (χ0) is 6.57. The molecule has 0 aliphatic carbocycles. The molecule has 0 aromatic heterocycles. The van der Waals surface area contributed by atoms with E-state index in [1.165, 1.54) is 0 Å². The summed E-state index contributed by atoms with van der Waals surface area (Å²) in [6.07, 6.45) is 0. The van der Waals surface area contributed by atoms with Crippen LogP contribution in [0.2, 0.25) is 0 Å². The average Bonchev–Trinajstić information content (AvgIpc) is 2.50. The molecule has 1 fully saturated rings. The van der Waals surface area contributed by atoms with Gasteiger partial charge in [-0.05, 0) is 0 Å². The van der Waals surface area contributed by atoms with Crippen LogP contribution in [0.25, 0.3) is 0 Å². The predicted octanol–water partition coefficient (Wildman–Crippen LogP) is 0.875. The van der Waals surface area contributed by atoms with Crippen molar-refractivity contribution in [2.45, 2.75) is 20.8 Å². The molecule has 1 amide bonds. The van der Waals surface area contributed by atoms with Gasteiger partial charge < -0.3 is 4.90 Å². The van der Waals surface area contributed by atoms with E-state index in [1.807, 2.05) is 13.8 Å². The topological polar surface area (TPSA) is 20.1 Å². The quantitative estimate of drug-likeness (QED) is 0.429. The Kier molecular flexibility index (Phi) is 3.24. The van der Waals surface area contributed by atoms with Crippen molar-refractivity contribution in [2.75, 3.05) is 13.1 Å². The fourth-order valence-corrected chi connectivity index (χ4v) is 0.365. The zero-order valence-electron chi connectivity index (χ0n) is 5.77. The molecule has 1 aliphatic heterocycles. The Hall–Kier alpha value is -0.530. The van der Waals surface area contributed by atoms with Crippen molar-refractivity contribution < 1.29 is 4.79 Å². The highest BCUT2D eigenvalue weighted by atomic mass is 16.2. The van der Waals surface area contributed by atoms with E-state index < -0.39 is 0 Å². The minimum atomic E-state index is 0.204. The van der Waals surface area contributed by atoms with E-state index in [0.29, 0.717) is 0 Å². The van der Waals surface area contributed by atoms with Crippen molar-refractivity contribution in [2.24, 2.45) is 0 Å². The van der Waals surface area contributed by atoms with Crippen molar-refractivity contribution in [3.05, 3.63) is 0 Å². The Labute approximate surface area is 50.5 Å². The summed E-state index contributed by atoms with van der Waals surface area (Å²) in [7, 11) is 0. The largest absolute Gasteiger partial charge is 0.339 e. The monoisotopic (exact) mass is 115 g/mol. The van der Waals surface area contributed by atoms with Crippen LogP contribution < -0.4 is 0 Å². The minimum Gasteiger partial charge on any atom is -0.339 e. The van der Waals surface area contributed by atoms with Crippen LogP contribution in [0.3, 0.4) is 0 Å². The zero-order valence-corrected chi connectivity index (χ0v) is 5.77. The van der Waals surface area contributed by atoms with Crippen molar-refractivity contribution in [3.8, 4) is 0 Å². The van der Waals surface area contributed by atoms with Gasteiger partial charge in [0.1, 0.15) is 0 Å². The number of nitrogens with zero attached hydrogens (tertiary/aromatic N) is 1. The molecule has 0 unspecified atom stereocenters. The summed E-state index contributed by atoms with van der Waals surface area (Å²) in [4.78, 5) is 11.9. The third kappa shape index (κ3) is 2.61. The van der Waals surface area contributed by atoms with Crippen LogP contribution >= 0.6 is 0 Å². The third-order valence-electron chi connectivity index (χ3n) is 0.893. The van der Waals surface area contributed by atoms with E-state index in [-0.39, 0.29) is 5.91 Å². The van der Waals surface area contributed by atoms with Crippen LogP contribution in [0, 0.1) is 0 Å². The second kappa shape index (κ2) is 3.47. The summed E-state index contributed by atoms with van der Waals surface area (Å²) in [6.45, 7) is 7.55. The Bertz CT molecular complexity index is 76.6. The van der Waals surface area contributed by atoms with Gasteiger partial charge >= 0.3 is 0 Å². The molecular formula is C6H13NO. The van der Waals surface area contributed by atoms with Crippen molar-refractivity contribution >= 4 is 5.91 Å². The van der Waals surface area contributed by atoms with E-state index in [9.17, 15) is 4.79 Å². The van der Waals surface area contributed by atoms with Gasteiger partial charge in [-0.3, -0.25) is 4.79 Å². The number of carbonyl (C=O) groups excluding carboxylic acids is 1. The first kappa shape index (κ1) is 7.47. The third-order valence-corrected chi connectivity index (χ3v) is 0.893. The lowest BCUT2D eigenvalue weighted by Gasteiger charge is -1.85. The first-order valence-corrected chi connectivity index (χ1v) is 3.06. The summed E-state index contributed by atoms with van der Waals surface area (Å²) in [6, 6.07) is 0. The van der Waals surface area contributed by atoms with Crippen LogP contribution in [-0.2, 0) is 4.79 Å². The lowest BCUT2D eigenvalue weighted by atomic mass is 10.7. The summed E-state index contributed by atoms with van der Waals surface area (Å²) < 4.78 is 0. The van der Waals surface area contributed by atoms with E-state index in [0.717, 1.165) is 13.1 Å². The van der Waals surface area contributed by atoms with Gasteiger partial charge in [0, 0.05) is 20.0 Å². The van der Waals surface area contributed by atoms with Crippen LogP contribution in [0.1, 0.15) is 20.8 Å². The Morgan fingerprint density at radius 2 is 1.75 bits per heavy atom. The molecule has 2 heteroatoms. The van der Waals surface area contributed by atoms with Gasteiger partial charge in [-0.2, -0.15) is 0 Å². The molecule has 1 aliphatic rings. The molecule has 1 rings (SSSR count). The predicted molar refractivity (Wildman–Crippen MR) is 33.6 cm³/mol. The van der Waals surface area contributed by atoms with Crippen LogP contribution in [0.15, 0.2) is 0 Å². The van der Waals surface area contributed by atoms with Crippen LogP contribution in [0.5, 0.6) is 0 Å². The molecule has 2 nitrogen and oxygen atoms in total. The van der Waals surface area contributed by atoms with E-state index in [2.05, 4.69) is 0 Å². The van der Waals surface area contributed by atoms with Gasteiger partial charge in [0.25, 0.3) is 0 Å². The summed E-state index contributed by atoms with van der Waals surface area (Å²) in [5.74, 6) is 0.204. The highest BCUT2D eigenvalue weighted by molar-refractivity contribution is 5.75. The highest BCUT2D eigenvalue weighted by Gasteiger charge is 2.18. The fourth-order valence-electron chi connectivity index (χ4n) is 0.365. The number of carbonyl (C=O) groups is 1.